The summed E-state index contributed by atoms with van der Waals surface area (Å²) >= 11 is 5.45. The van der Waals surface area contributed by atoms with Gasteiger partial charge in [0.2, 0.25) is 0 Å². The molecule has 3 heteroatoms. The molecule has 23 heavy (non-hydrogen) atoms. The first kappa shape index (κ1) is 15.6. The first-order chi connectivity index (χ1) is 11.1. The molecule has 0 saturated carbocycles. The molecule has 2 nitrogen and oxygen atoms in total. The Morgan fingerprint density at radius 1 is 1.13 bits per heavy atom. The van der Waals surface area contributed by atoms with Crippen LogP contribution in [-0.4, -0.2) is 10.7 Å². The van der Waals surface area contributed by atoms with Gasteiger partial charge in [0.1, 0.15) is 10.9 Å². The average molecular weight is 318 g/mol. The Bertz CT molecular complexity index is 815. The molecule has 114 valence electrons. The first-order valence-corrected chi connectivity index (χ1v) is 8.14. The summed E-state index contributed by atoms with van der Waals surface area (Å²) in [6.45, 7) is 4.17. The van der Waals surface area contributed by atoms with Crippen molar-refractivity contribution in [2.24, 2.45) is 10.9 Å². The molecular formula is C20H18N2S. The Morgan fingerprint density at radius 3 is 2.57 bits per heavy atom. The van der Waals surface area contributed by atoms with Gasteiger partial charge in [0.25, 0.3) is 0 Å². The molecule has 2 aromatic rings. The summed E-state index contributed by atoms with van der Waals surface area (Å²) in [5, 5.41) is 9.54. The Labute approximate surface area is 142 Å². The molecule has 1 heterocycles. The maximum absolute atomic E-state index is 9.54. The Balaban J connectivity index is 2.06. The third kappa shape index (κ3) is 3.09. The summed E-state index contributed by atoms with van der Waals surface area (Å²) in [5.41, 5.74) is 5.69. The summed E-state index contributed by atoms with van der Waals surface area (Å²) in [6, 6.07) is 18.9. The van der Waals surface area contributed by atoms with Crippen LogP contribution in [0.4, 0.5) is 0 Å². The van der Waals surface area contributed by atoms with Gasteiger partial charge < -0.3 is 0 Å². The normalized spacial score (nSPS) is 20.7. The van der Waals surface area contributed by atoms with Crippen LogP contribution in [0.5, 0.6) is 0 Å². The number of nitrogens with zero attached hydrogens (tertiary/aromatic N) is 2. The molecule has 0 N–H and O–H groups in total. The molecule has 0 aliphatic carbocycles. The molecule has 1 aliphatic heterocycles. The van der Waals surface area contributed by atoms with E-state index in [0.29, 0.717) is 4.99 Å². The summed E-state index contributed by atoms with van der Waals surface area (Å²) in [6.07, 6.45) is 0.743. The lowest BCUT2D eigenvalue weighted by atomic mass is 9.79. The third-order valence-corrected chi connectivity index (χ3v) is 4.74. The lowest BCUT2D eigenvalue weighted by molar-refractivity contribution is 0.642. The molecule has 1 aliphatic rings. The van der Waals surface area contributed by atoms with Crippen LogP contribution >= 0.6 is 12.2 Å². The smallest absolute Gasteiger partial charge is 0.121 e. The van der Waals surface area contributed by atoms with Crippen LogP contribution in [0.25, 0.3) is 0 Å². The quantitative estimate of drug-likeness (QED) is 0.749. The van der Waals surface area contributed by atoms with Crippen LogP contribution in [0.1, 0.15) is 34.6 Å². The molecule has 2 unspecified atom stereocenters. The molecule has 3 rings (SSSR count). The van der Waals surface area contributed by atoms with Crippen molar-refractivity contribution in [3.05, 3.63) is 70.8 Å². The minimum Gasteiger partial charge on any atom is -0.244 e. The van der Waals surface area contributed by atoms with Crippen molar-refractivity contribution in [2.75, 3.05) is 0 Å². The average Bonchev–Trinajstić information content (AvgIpc) is 2.57. The second-order valence-electron chi connectivity index (χ2n) is 6.04. The van der Waals surface area contributed by atoms with Crippen LogP contribution < -0.4 is 0 Å². The van der Waals surface area contributed by atoms with Gasteiger partial charge in [0, 0.05) is 11.6 Å². The minimum atomic E-state index is -0.332. The molecule has 2 atom stereocenters. The van der Waals surface area contributed by atoms with Crippen LogP contribution in [0.15, 0.2) is 53.5 Å². The van der Waals surface area contributed by atoms with Crippen LogP contribution in [-0.2, 0) is 0 Å². The van der Waals surface area contributed by atoms with Gasteiger partial charge in [0.15, 0.2) is 0 Å². The molecule has 0 spiro atoms. The Morgan fingerprint density at radius 2 is 1.87 bits per heavy atom. The van der Waals surface area contributed by atoms with E-state index in [1.165, 1.54) is 11.1 Å². The van der Waals surface area contributed by atoms with Gasteiger partial charge in [-0.2, -0.15) is 5.26 Å². The van der Waals surface area contributed by atoms with Gasteiger partial charge >= 0.3 is 0 Å². The standard InChI is InChI=1S/C20H18N2S/c1-13-8-9-14(2)16(10-13)19-11-17(15-6-4-3-5-7-15)18(12-21)20(23)22-19/h3-10,17-18H,11H2,1-2H3. The first-order valence-electron chi connectivity index (χ1n) is 7.73. The van der Waals surface area contributed by atoms with Crippen molar-refractivity contribution in [1.82, 2.24) is 0 Å². The monoisotopic (exact) mass is 318 g/mol. The number of hydrogen-bond donors (Lipinski definition) is 0. The van der Waals surface area contributed by atoms with E-state index in [1.54, 1.807) is 0 Å². The summed E-state index contributed by atoms with van der Waals surface area (Å²) in [4.78, 5) is 5.11. The summed E-state index contributed by atoms with van der Waals surface area (Å²) < 4.78 is 0. The van der Waals surface area contributed by atoms with Gasteiger partial charge in [-0.3, -0.25) is 0 Å². The molecule has 0 radical (unpaired) electrons. The van der Waals surface area contributed by atoms with Crippen molar-refractivity contribution in [3.8, 4) is 6.07 Å². The molecule has 0 amide bonds. The fourth-order valence-electron chi connectivity index (χ4n) is 3.12. The second-order valence-corrected chi connectivity index (χ2v) is 6.46. The van der Waals surface area contributed by atoms with E-state index < -0.39 is 0 Å². The van der Waals surface area contributed by atoms with E-state index in [-0.39, 0.29) is 11.8 Å². The number of benzene rings is 2. The van der Waals surface area contributed by atoms with E-state index in [1.807, 2.05) is 18.2 Å². The zero-order valence-electron chi connectivity index (χ0n) is 13.3. The van der Waals surface area contributed by atoms with E-state index in [2.05, 4.69) is 55.2 Å². The molecular weight excluding hydrogens is 300 g/mol. The van der Waals surface area contributed by atoms with Crippen LogP contribution in [0, 0.1) is 31.1 Å². The maximum atomic E-state index is 9.54. The van der Waals surface area contributed by atoms with Crippen LogP contribution in [0.2, 0.25) is 0 Å². The van der Waals surface area contributed by atoms with Gasteiger partial charge in [-0.1, -0.05) is 60.2 Å². The van der Waals surface area contributed by atoms with E-state index >= 15 is 0 Å². The predicted octanol–water partition coefficient (Wildman–Crippen LogP) is 4.75. The Kier molecular flexibility index (Phi) is 4.36. The second kappa shape index (κ2) is 6.44. The van der Waals surface area contributed by atoms with Crippen molar-refractivity contribution >= 4 is 22.9 Å². The highest BCUT2D eigenvalue weighted by atomic mass is 32.1. The highest BCUT2D eigenvalue weighted by molar-refractivity contribution is 7.80. The molecule has 0 bridgehead atoms. The SMILES string of the molecule is Cc1ccc(C)c(C2=NC(=S)C(C#N)C(c3ccccc3)C2)c1. The summed E-state index contributed by atoms with van der Waals surface area (Å²) in [5.74, 6) is -0.262. The van der Waals surface area contributed by atoms with Gasteiger partial charge in [-0.15, -0.1) is 0 Å². The maximum Gasteiger partial charge on any atom is 0.121 e. The van der Waals surface area contributed by atoms with Gasteiger partial charge in [0.05, 0.1) is 6.07 Å². The number of hydrogen-bond acceptors (Lipinski definition) is 2. The van der Waals surface area contributed by atoms with Crippen LogP contribution in [0.3, 0.4) is 0 Å². The largest absolute Gasteiger partial charge is 0.244 e. The molecule has 0 fully saturated rings. The van der Waals surface area contributed by atoms with Crippen molar-refractivity contribution < 1.29 is 0 Å². The molecule has 0 aromatic heterocycles. The fourth-order valence-corrected chi connectivity index (χ4v) is 3.45. The predicted molar refractivity (Wildman–Crippen MR) is 98.0 cm³/mol. The number of rotatable bonds is 2. The van der Waals surface area contributed by atoms with E-state index in [9.17, 15) is 5.26 Å². The fraction of sp³-hybridized carbons (Fsp3) is 0.250. The molecule has 0 saturated heterocycles. The highest BCUT2D eigenvalue weighted by Gasteiger charge is 2.33. The van der Waals surface area contributed by atoms with Crippen molar-refractivity contribution in [2.45, 2.75) is 26.2 Å². The number of aliphatic imine (C=N–C) groups is 1. The zero-order chi connectivity index (χ0) is 16.4. The number of thiocarbonyl (C=S) groups is 1. The zero-order valence-corrected chi connectivity index (χ0v) is 14.1. The topological polar surface area (TPSA) is 36.1 Å². The lowest BCUT2D eigenvalue weighted by Gasteiger charge is -2.28. The van der Waals surface area contributed by atoms with Crippen molar-refractivity contribution in [3.63, 3.8) is 0 Å². The van der Waals surface area contributed by atoms with E-state index in [0.717, 1.165) is 23.3 Å². The van der Waals surface area contributed by atoms with Gasteiger partial charge in [-0.05, 0) is 43.0 Å². The summed E-state index contributed by atoms with van der Waals surface area (Å²) in [7, 11) is 0. The minimum absolute atomic E-state index is 0.0705. The van der Waals surface area contributed by atoms with Crippen molar-refractivity contribution in [1.29, 1.82) is 5.26 Å². The lowest BCUT2D eigenvalue weighted by Crippen LogP contribution is -2.28. The number of nitriles is 1. The Hall–Kier alpha value is -2.31. The molecule has 2 aromatic carbocycles. The third-order valence-electron chi connectivity index (χ3n) is 4.40. The number of aryl methyl sites for hydroxylation is 2. The highest BCUT2D eigenvalue weighted by Crippen LogP contribution is 2.35. The van der Waals surface area contributed by atoms with E-state index in [4.69, 9.17) is 12.2 Å². The van der Waals surface area contributed by atoms with Gasteiger partial charge in [-0.25, -0.2) is 4.99 Å².